The molecular weight excluding hydrogens is 344 g/mol. The SMILES string of the molecule is [2H]C1(C)Cc2ccccc2[C@]([2H])(NC(=O)[C@H](C)CC(=O)[C@@H](O)C([2H])(C)C([2H])([2H])[2H])C(=O)N1C. The number of hydrogen-bond donors (Lipinski definition) is 2. The van der Waals surface area contributed by atoms with E-state index in [9.17, 15) is 19.5 Å². The molecule has 1 aliphatic heterocycles. The highest BCUT2D eigenvalue weighted by molar-refractivity contribution is 5.93. The van der Waals surface area contributed by atoms with Crippen LogP contribution in [-0.4, -0.2) is 46.8 Å². The first kappa shape index (κ1) is 13.9. The number of aliphatic hydroxyl groups excluding tert-OH is 1. The molecule has 6 nitrogen and oxygen atoms in total. The maximum Gasteiger partial charge on any atom is 0.249 e. The summed E-state index contributed by atoms with van der Waals surface area (Å²) in [5, 5.41) is 12.5. The Labute approximate surface area is 169 Å². The summed E-state index contributed by atoms with van der Waals surface area (Å²) in [6.45, 7) is 0.857. The van der Waals surface area contributed by atoms with Gasteiger partial charge in [-0.1, -0.05) is 45.0 Å². The molecule has 2 unspecified atom stereocenters. The molecule has 0 saturated carbocycles. The van der Waals surface area contributed by atoms with Crippen LogP contribution in [-0.2, 0) is 20.8 Å². The summed E-state index contributed by atoms with van der Waals surface area (Å²) in [4.78, 5) is 39.6. The van der Waals surface area contributed by atoms with Crippen LogP contribution in [0.2, 0.25) is 0 Å². The molecule has 1 aromatic rings. The minimum atomic E-state index is -2.93. The molecule has 1 aromatic carbocycles. The normalized spacial score (nSPS) is 33.4. The van der Waals surface area contributed by atoms with Crippen molar-refractivity contribution in [2.24, 2.45) is 11.8 Å². The van der Waals surface area contributed by atoms with E-state index in [-0.39, 0.29) is 12.0 Å². The van der Waals surface area contributed by atoms with Crippen molar-refractivity contribution in [3.8, 4) is 0 Å². The first-order valence-electron chi connectivity index (χ1n) is 11.8. The number of rotatable bonds is 6. The second-order valence-corrected chi connectivity index (χ2v) is 6.95. The number of nitrogens with one attached hydrogen (secondary N) is 1. The summed E-state index contributed by atoms with van der Waals surface area (Å²) in [6.07, 6.45) is -2.60. The number of amides is 2. The molecule has 1 aliphatic rings. The summed E-state index contributed by atoms with van der Waals surface area (Å²) in [6, 6.07) is 2.91. The Hall–Kier alpha value is -2.21. The van der Waals surface area contributed by atoms with Crippen molar-refractivity contribution in [2.45, 2.75) is 58.6 Å². The van der Waals surface area contributed by atoms with Gasteiger partial charge in [0, 0.05) is 30.9 Å². The van der Waals surface area contributed by atoms with Crippen LogP contribution in [0.4, 0.5) is 0 Å². The van der Waals surface area contributed by atoms with Gasteiger partial charge < -0.3 is 15.3 Å². The number of carbonyl (C=O) groups excluding carboxylic acids is 3. The Morgan fingerprint density at radius 3 is 2.78 bits per heavy atom. The van der Waals surface area contributed by atoms with Crippen molar-refractivity contribution in [2.75, 3.05) is 7.05 Å². The number of nitrogens with zero attached hydrogens (tertiary/aromatic N) is 1. The quantitative estimate of drug-likeness (QED) is 0.789. The van der Waals surface area contributed by atoms with Crippen molar-refractivity contribution >= 4 is 17.6 Å². The van der Waals surface area contributed by atoms with E-state index in [0.29, 0.717) is 5.56 Å². The molecule has 2 rings (SSSR count). The number of hydrogen-bond acceptors (Lipinski definition) is 4. The lowest BCUT2D eigenvalue weighted by atomic mass is 9.94. The van der Waals surface area contributed by atoms with Gasteiger partial charge in [-0.2, -0.15) is 0 Å². The van der Waals surface area contributed by atoms with Gasteiger partial charge in [0.25, 0.3) is 0 Å². The maximum absolute atomic E-state index is 13.2. The van der Waals surface area contributed by atoms with Crippen molar-refractivity contribution in [3.63, 3.8) is 0 Å². The Morgan fingerprint density at radius 2 is 2.11 bits per heavy atom. The molecular formula is C21H30N2O4. The lowest BCUT2D eigenvalue weighted by molar-refractivity contribution is -0.138. The predicted octanol–water partition coefficient (Wildman–Crippen LogP) is 1.86. The van der Waals surface area contributed by atoms with Crippen molar-refractivity contribution in [1.82, 2.24) is 10.2 Å². The van der Waals surface area contributed by atoms with Gasteiger partial charge in [0.05, 0.1) is 2.74 Å². The highest BCUT2D eigenvalue weighted by Gasteiger charge is 2.34. The molecule has 27 heavy (non-hydrogen) atoms. The van der Waals surface area contributed by atoms with Gasteiger partial charge >= 0.3 is 0 Å². The van der Waals surface area contributed by atoms with E-state index in [4.69, 9.17) is 8.22 Å². The van der Waals surface area contributed by atoms with Gasteiger partial charge in [-0.15, -0.1) is 0 Å². The number of carbonyl (C=O) groups is 3. The molecule has 0 fully saturated rings. The van der Waals surface area contributed by atoms with Crippen LogP contribution in [0.5, 0.6) is 0 Å². The fourth-order valence-electron chi connectivity index (χ4n) is 2.88. The number of fused-ring (bicyclic) bond motifs is 1. The molecule has 6 heteroatoms. The molecule has 0 radical (unpaired) electrons. The van der Waals surface area contributed by atoms with Crippen LogP contribution in [0.25, 0.3) is 0 Å². The fourth-order valence-corrected chi connectivity index (χ4v) is 2.88. The lowest BCUT2D eigenvalue weighted by Gasteiger charge is -2.26. The molecule has 1 heterocycles. The molecule has 0 bridgehead atoms. The molecule has 2 amide bonds. The van der Waals surface area contributed by atoms with E-state index >= 15 is 0 Å². The second kappa shape index (κ2) is 8.65. The van der Waals surface area contributed by atoms with Crippen LogP contribution < -0.4 is 5.32 Å². The molecule has 0 aromatic heterocycles. The smallest absolute Gasteiger partial charge is 0.249 e. The zero-order valence-electron chi connectivity index (χ0n) is 22.0. The molecule has 0 aliphatic carbocycles. The van der Waals surface area contributed by atoms with Gasteiger partial charge in [0.1, 0.15) is 12.1 Å². The average molecular weight is 381 g/mol. The van der Waals surface area contributed by atoms with Gasteiger partial charge in [-0.25, -0.2) is 0 Å². The zero-order valence-corrected chi connectivity index (χ0v) is 16.0. The summed E-state index contributed by atoms with van der Waals surface area (Å²) in [5.74, 6) is -6.25. The Kier molecular flexibility index (Phi) is 4.45. The highest BCUT2D eigenvalue weighted by Crippen LogP contribution is 2.27. The van der Waals surface area contributed by atoms with E-state index in [0.717, 1.165) is 11.8 Å². The number of ketones is 1. The Bertz CT molecular complexity index is 949. The first-order valence-corrected chi connectivity index (χ1v) is 8.75. The molecule has 2 N–H and O–H groups in total. The fraction of sp³-hybridized carbons (Fsp3) is 0.571. The van der Waals surface area contributed by atoms with Crippen molar-refractivity contribution < 1.29 is 27.7 Å². The number of likely N-dealkylation sites (N-methyl/N-ethyl adjacent to an activating group) is 1. The third-order valence-corrected chi connectivity index (χ3v) is 4.74. The Morgan fingerprint density at radius 1 is 1.44 bits per heavy atom. The van der Waals surface area contributed by atoms with E-state index in [1.807, 2.05) is 0 Å². The monoisotopic (exact) mass is 380 g/mol. The van der Waals surface area contributed by atoms with Crippen LogP contribution in [0.3, 0.4) is 0 Å². The Balaban J connectivity index is 2.29. The molecule has 0 spiro atoms. The zero-order chi connectivity index (χ0) is 25.6. The van der Waals surface area contributed by atoms with E-state index < -0.39 is 60.8 Å². The average Bonchev–Trinajstić information content (AvgIpc) is 2.75. The van der Waals surface area contributed by atoms with Gasteiger partial charge in [0.2, 0.25) is 11.8 Å². The van der Waals surface area contributed by atoms with Gasteiger partial charge in [0.15, 0.2) is 5.78 Å². The highest BCUT2D eigenvalue weighted by atomic mass is 16.3. The van der Waals surface area contributed by atoms with E-state index in [2.05, 4.69) is 5.32 Å². The summed E-state index contributed by atoms with van der Waals surface area (Å²) < 4.78 is 47.3. The van der Waals surface area contributed by atoms with Gasteiger partial charge in [-0.05, 0) is 30.4 Å². The molecule has 148 valence electrons. The summed E-state index contributed by atoms with van der Waals surface area (Å²) in [7, 11) is 1.38. The molecule has 0 saturated heterocycles. The van der Waals surface area contributed by atoms with Crippen LogP contribution >= 0.6 is 0 Å². The van der Waals surface area contributed by atoms with E-state index in [1.54, 1.807) is 18.2 Å². The van der Waals surface area contributed by atoms with Gasteiger partial charge in [-0.3, -0.25) is 14.4 Å². The summed E-state index contributed by atoms with van der Waals surface area (Å²) in [5.41, 5.74) is 0.760. The largest absolute Gasteiger partial charge is 0.385 e. The second-order valence-electron chi connectivity index (χ2n) is 6.95. The third-order valence-electron chi connectivity index (χ3n) is 4.74. The number of aliphatic hydroxyl groups is 1. The predicted molar refractivity (Wildman–Crippen MR) is 103 cm³/mol. The van der Waals surface area contributed by atoms with Crippen LogP contribution in [0.1, 0.15) is 59.4 Å². The number of benzene rings is 1. The first-order chi connectivity index (χ1) is 14.9. The standard InChI is InChI=1S/C21H30N2O4/c1-12(2)19(25)17(24)10-13(3)20(26)22-18-16-9-7-6-8-15(16)11-14(4)23(5)21(18)27/h6-9,12-14,18-19,25H,10-11H2,1-5H3,(H,22,26)/t13-,14?,18+,19+/m1/s1/i1D3,12D,14D,18D/t12?,13-,14?,18+,19+. The van der Waals surface area contributed by atoms with E-state index in [1.165, 1.54) is 27.0 Å². The maximum atomic E-state index is 13.2. The minimum absolute atomic E-state index is 0.138. The topological polar surface area (TPSA) is 86.7 Å². The van der Waals surface area contributed by atoms with Crippen molar-refractivity contribution in [1.29, 1.82) is 0 Å². The van der Waals surface area contributed by atoms with Crippen LogP contribution in [0.15, 0.2) is 24.3 Å². The van der Waals surface area contributed by atoms with Crippen LogP contribution in [0, 0.1) is 11.8 Å². The lowest BCUT2D eigenvalue weighted by Crippen LogP contribution is -2.44. The summed E-state index contributed by atoms with van der Waals surface area (Å²) >= 11 is 0. The number of Topliss-reactive ketones (excluding diaryl/α,β-unsaturated/α-hetero) is 1. The minimum Gasteiger partial charge on any atom is -0.385 e. The molecule has 5 atom stereocenters. The van der Waals surface area contributed by atoms with Crippen molar-refractivity contribution in [3.05, 3.63) is 35.4 Å². The third kappa shape index (κ3) is 4.75.